The first-order valence-electron chi connectivity index (χ1n) is 6.92. The van der Waals surface area contributed by atoms with Gasteiger partial charge in [-0.25, -0.2) is 0 Å². The highest BCUT2D eigenvalue weighted by Crippen LogP contribution is 2.25. The van der Waals surface area contributed by atoms with E-state index in [-0.39, 0.29) is 11.9 Å². The maximum atomic E-state index is 11.6. The van der Waals surface area contributed by atoms with Crippen LogP contribution in [0.2, 0.25) is 0 Å². The van der Waals surface area contributed by atoms with E-state index in [0.29, 0.717) is 13.1 Å². The van der Waals surface area contributed by atoms with Gasteiger partial charge < -0.3 is 15.1 Å². The second kappa shape index (κ2) is 6.73. The predicted molar refractivity (Wildman–Crippen MR) is 73.9 cm³/mol. The summed E-state index contributed by atoms with van der Waals surface area (Å²) in [5, 5.41) is 5.82. The number of nitrogens with zero attached hydrogens (tertiary/aromatic N) is 1. The van der Waals surface area contributed by atoms with Gasteiger partial charge in [-0.3, -0.25) is 9.69 Å². The van der Waals surface area contributed by atoms with Gasteiger partial charge in [0.05, 0.1) is 12.6 Å². The van der Waals surface area contributed by atoms with Crippen molar-refractivity contribution in [2.45, 2.75) is 25.8 Å². The molecule has 0 aliphatic carbocycles. The van der Waals surface area contributed by atoms with Gasteiger partial charge in [-0.15, -0.1) is 0 Å². The summed E-state index contributed by atoms with van der Waals surface area (Å²) in [6.45, 7) is 5.06. The molecule has 1 aromatic rings. The topological polar surface area (TPSA) is 57.5 Å². The number of hydrogen-bond acceptors (Lipinski definition) is 4. The summed E-state index contributed by atoms with van der Waals surface area (Å²) >= 11 is 0. The highest BCUT2D eigenvalue weighted by molar-refractivity contribution is 5.77. The second-order valence-corrected chi connectivity index (χ2v) is 5.04. The fourth-order valence-corrected chi connectivity index (χ4v) is 2.53. The molecule has 0 radical (unpaired) electrons. The molecule has 2 N–H and O–H groups in total. The van der Waals surface area contributed by atoms with Crippen molar-refractivity contribution in [2.75, 3.05) is 33.2 Å². The van der Waals surface area contributed by atoms with E-state index < -0.39 is 0 Å². The fourth-order valence-electron chi connectivity index (χ4n) is 2.53. The lowest BCUT2D eigenvalue weighted by Gasteiger charge is -2.26. The normalized spacial score (nSPS) is 17.6. The average molecular weight is 265 g/mol. The van der Waals surface area contributed by atoms with Crippen LogP contribution in [-0.2, 0) is 4.79 Å². The van der Waals surface area contributed by atoms with E-state index in [0.717, 1.165) is 24.6 Å². The van der Waals surface area contributed by atoms with Gasteiger partial charge in [0.25, 0.3) is 0 Å². The molecule has 1 atom stereocenters. The van der Waals surface area contributed by atoms with Crippen molar-refractivity contribution < 1.29 is 9.21 Å². The average Bonchev–Trinajstić information content (AvgIpc) is 3.02. The van der Waals surface area contributed by atoms with E-state index in [1.54, 1.807) is 7.05 Å². The summed E-state index contributed by atoms with van der Waals surface area (Å²) in [7, 11) is 1.77. The van der Waals surface area contributed by atoms with E-state index in [4.69, 9.17) is 4.42 Å². The van der Waals surface area contributed by atoms with Crippen LogP contribution in [0, 0.1) is 6.92 Å². The molecule has 1 fully saturated rings. The predicted octanol–water partition coefficient (Wildman–Crippen LogP) is 1.06. The van der Waals surface area contributed by atoms with Crippen LogP contribution in [0.5, 0.6) is 0 Å². The highest BCUT2D eigenvalue weighted by Gasteiger charge is 2.26. The van der Waals surface area contributed by atoms with Crippen molar-refractivity contribution >= 4 is 5.91 Å². The molecule has 5 heteroatoms. The molecule has 2 rings (SSSR count). The first-order chi connectivity index (χ1) is 9.20. The summed E-state index contributed by atoms with van der Waals surface area (Å²) in [6, 6.07) is 4.15. The Morgan fingerprint density at radius 1 is 1.42 bits per heavy atom. The summed E-state index contributed by atoms with van der Waals surface area (Å²) in [5.74, 6) is 1.89. The van der Waals surface area contributed by atoms with E-state index in [9.17, 15) is 4.79 Å². The van der Waals surface area contributed by atoms with Gasteiger partial charge in [0.2, 0.25) is 5.91 Å². The van der Waals surface area contributed by atoms with Crippen LogP contribution >= 0.6 is 0 Å². The SMILES string of the molecule is CNCC(=O)NCC(c1ccc(C)o1)N1CCCC1. The zero-order valence-electron chi connectivity index (χ0n) is 11.7. The van der Waals surface area contributed by atoms with E-state index in [1.165, 1.54) is 12.8 Å². The Morgan fingerprint density at radius 2 is 2.16 bits per heavy atom. The van der Waals surface area contributed by atoms with E-state index in [2.05, 4.69) is 15.5 Å². The van der Waals surface area contributed by atoms with E-state index >= 15 is 0 Å². The molecule has 1 aliphatic heterocycles. The molecule has 1 aliphatic rings. The van der Waals surface area contributed by atoms with Crippen LogP contribution in [0.15, 0.2) is 16.5 Å². The molecule has 0 spiro atoms. The Morgan fingerprint density at radius 3 is 2.74 bits per heavy atom. The number of rotatable bonds is 6. The Hall–Kier alpha value is -1.33. The minimum Gasteiger partial charge on any atom is -0.465 e. The molecule has 1 saturated heterocycles. The fraction of sp³-hybridized carbons (Fsp3) is 0.643. The Balaban J connectivity index is 2.00. The van der Waals surface area contributed by atoms with Crippen molar-refractivity contribution in [1.29, 1.82) is 0 Å². The van der Waals surface area contributed by atoms with Crippen LogP contribution in [0.1, 0.15) is 30.4 Å². The number of amides is 1. The molecule has 0 saturated carbocycles. The van der Waals surface area contributed by atoms with Crippen molar-refractivity contribution in [3.05, 3.63) is 23.7 Å². The summed E-state index contributed by atoms with van der Waals surface area (Å²) in [4.78, 5) is 14.0. The molecular weight excluding hydrogens is 242 g/mol. The quantitative estimate of drug-likeness (QED) is 0.807. The molecule has 0 aromatic carbocycles. The van der Waals surface area contributed by atoms with Gasteiger partial charge in [0.1, 0.15) is 11.5 Å². The highest BCUT2D eigenvalue weighted by atomic mass is 16.3. The molecule has 1 aromatic heterocycles. The molecule has 2 heterocycles. The first-order valence-corrected chi connectivity index (χ1v) is 6.92. The van der Waals surface area contributed by atoms with Crippen LogP contribution < -0.4 is 10.6 Å². The number of nitrogens with one attached hydrogen (secondary N) is 2. The van der Waals surface area contributed by atoms with Gasteiger partial charge in [-0.05, 0) is 52.0 Å². The molecule has 106 valence electrons. The number of aryl methyl sites for hydroxylation is 1. The first kappa shape index (κ1) is 14.1. The molecular formula is C14H23N3O2. The molecule has 1 amide bonds. The zero-order chi connectivity index (χ0) is 13.7. The maximum absolute atomic E-state index is 11.6. The third-order valence-corrected chi connectivity index (χ3v) is 3.50. The number of carbonyl (C=O) groups is 1. The largest absolute Gasteiger partial charge is 0.465 e. The van der Waals surface area contributed by atoms with Crippen molar-refractivity contribution in [1.82, 2.24) is 15.5 Å². The van der Waals surface area contributed by atoms with Gasteiger partial charge in [0, 0.05) is 6.54 Å². The van der Waals surface area contributed by atoms with Crippen LogP contribution in [0.25, 0.3) is 0 Å². The number of furan rings is 1. The maximum Gasteiger partial charge on any atom is 0.234 e. The van der Waals surface area contributed by atoms with Gasteiger partial charge in [-0.1, -0.05) is 0 Å². The smallest absolute Gasteiger partial charge is 0.234 e. The summed E-state index contributed by atoms with van der Waals surface area (Å²) < 4.78 is 5.74. The number of likely N-dealkylation sites (tertiary alicyclic amines) is 1. The molecule has 19 heavy (non-hydrogen) atoms. The zero-order valence-corrected chi connectivity index (χ0v) is 11.7. The van der Waals surface area contributed by atoms with Crippen LogP contribution in [0.3, 0.4) is 0 Å². The Labute approximate surface area is 114 Å². The standard InChI is InChI=1S/C14H23N3O2/c1-11-5-6-13(19-11)12(17-7-3-4-8-17)9-16-14(18)10-15-2/h5-6,12,15H,3-4,7-10H2,1-2H3,(H,16,18). The van der Waals surface area contributed by atoms with Crippen LogP contribution in [-0.4, -0.2) is 44.0 Å². The minimum atomic E-state index is 0.0231. The lowest BCUT2D eigenvalue weighted by molar-refractivity contribution is -0.120. The monoisotopic (exact) mass is 265 g/mol. The molecule has 1 unspecified atom stereocenters. The Kier molecular flexibility index (Phi) is 4.99. The lowest BCUT2D eigenvalue weighted by Crippen LogP contribution is -2.39. The number of hydrogen-bond donors (Lipinski definition) is 2. The lowest BCUT2D eigenvalue weighted by atomic mass is 10.2. The molecule has 5 nitrogen and oxygen atoms in total. The van der Waals surface area contributed by atoms with Gasteiger partial charge in [-0.2, -0.15) is 0 Å². The van der Waals surface area contributed by atoms with Gasteiger partial charge in [0.15, 0.2) is 0 Å². The van der Waals surface area contributed by atoms with E-state index in [1.807, 2.05) is 19.1 Å². The van der Waals surface area contributed by atoms with Crippen molar-refractivity contribution in [3.63, 3.8) is 0 Å². The minimum absolute atomic E-state index is 0.0231. The summed E-state index contributed by atoms with van der Waals surface area (Å²) in [6.07, 6.45) is 2.45. The van der Waals surface area contributed by atoms with Gasteiger partial charge >= 0.3 is 0 Å². The second-order valence-electron chi connectivity index (χ2n) is 5.04. The number of carbonyl (C=O) groups excluding carboxylic acids is 1. The summed E-state index contributed by atoms with van der Waals surface area (Å²) in [5.41, 5.74) is 0. The Bertz CT molecular complexity index is 411. The third kappa shape index (κ3) is 3.81. The van der Waals surface area contributed by atoms with Crippen molar-refractivity contribution in [2.24, 2.45) is 0 Å². The molecule has 0 bridgehead atoms. The third-order valence-electron chi connectivity index (χ3n) is 3.50. The number of likely N-dealkylation sites (N-methyl/N-ethyl adjacent to an activating group) is 1. The van der Waals surface area contributed by atoms with Crippen molar-refractivity contribution in [3.8, 4) is 0 Å². The van der Waals surface area contributed by atoms with Crippen LogP contribution in [0.4, 0.5) is 0 Å².